The molecule has 2 aromatic rings. The summed E-state index contributed by atoms with van der Waals surface area (Å²) in [6.45, 7) is 2.82. The summed E-state index contributed by atoms with van der Waals surface area (Å²) in [6.07, 6.45) is 3.30. The second-order valence-corrected chi connectivity index (χ2v) is 4.77. The summed E-state index contributed by atoms with van der Waals surface area (Å²) >= 11 is 1.75. The lowest BCUT2D eigenvalue weighted by molar-refractivity contribution is 1.17. The highest BCUT2D eigenvalue weighted by atomic mass is 32.1. The van der Waals surface area contributed by atoms with Gasteiger partial charge in [0.1, 0.15) is 6.07 Å². The second-order valence-electron chi connectivity index (χ2n) is 3.40. The van der Waals surface area contributed by atoms with Crippen molar-refractivity contribution in [2.24, 2.45) is 0 Å². The number of anilines is 1. The van der Waals surface area contributed by atoms with Crippen LogP contribution in [0.1, 0.15) is 15.3 Å². The maximum Gasteiger partial charge on any atom is 0.101 e. The van der Waals surface area contributed by atoms with E-state index in [0.29, 0.717) is 5.56 Å². The van der Waals surface area contributed by atoms with Crippen LogP contribution in [-0.4, -0.2) is 4.98 Å². The quantitative estimate of drug-likeness (QED) is 0.880. The normalized spacial score (nSPS) is 9.75. The minimum absolute atomic E-state index is 0.628. The molecule has 80 valence electrons. The molecule has 3 nitrogen and oxygen atoms in total. The van der Waals surface area contributed by atoms with Gasteiger partial charge in [0.2, 0.25) is 0 Å². The lowest BCUT2D eigenvalue weighted by atomic mass is 10.2. The average Bonchev–Trinajstić information content (AvgIpc) is 2.73. The zero-order chi connectivity index (χ0) is 11.4. The number of nitrogens with one attached hydrogen (secondary N) is 1. The molecular weight excluding hydrogens is 218 g/mol. The Kier molecular flexibility index (Phi) is 3.18. The number of nitriles is 1. The van der Waals surface area contributed by atoms with Crippen molar-refractivity contribution in [2.45, 2.75) is 13.5 Å². The molecule has 4 heteroatoms. The van der Waals surface area contributed by atoms with E-state index < -0.39 is 0 Å². The molecule has 2 rings (SSSR count). The Morgan fingerprint density at radius 3 is 3.00 bits per heavy atom. The molecule has 0 aromatic carbocycles. The third kappa shape index (κ3) is 2.38. The number of aryl methyl sites for hydroxylation is 1. The van der Waals surface area contributed by atoms with Crippen LogP contribution in [0.4, 0.5) is 5.69 Å². The molecule has 0 aliphatic carbocycles. The van der Waals surface area contributed by atoms with Gasteiger partial charge in [-0.25, -0.2) is 0 Å². The van der Waals surface area contributed by atoms with Gasteiger partial charge in [0, 0.05) is 22.5 Å². The molecule has 16 heavy (non-hydrogen) atoms. The fourth-order valence-electron chi connectivity index (χ4n) is 1.40. The fraction of sp³-hybridized carbons (Fsp3) is 0.167. The van der Waals surface area contributed by atoms with Gasteiger partial charge in [0.05, 0.1) is 17.4 Å². The van der Waals surface area contributed by atoms with Crippen LogP contribution in [0.25, 0.3) is 0 Å². The number of rotatable bonds is 3. The van der Waals surface area contributed by atoms with Crippen molar-refractivity contribution >= 4 is 17.0 Å². The minimum atomic E-state index is 0.628. The number of thiophene rings is 1. The smallest absolute Gasteiger partial charge is 0.101 e. The number of hydrogen-bond donors (Lipinski definition) is 1. The summed E-state index contributed by atoms with van der Waals surface area (Å²) in [7, 11) is 0. The van der Waals surface area contributed by atoms with E-state index in [9.17, 15) is 0 Å². The standard InChI is InChI=1S/C12H11N3S/c1-9-2-3-11(16-9)7-15-12-8-14-5-4-10(12)6-13/h2-5,8,15H,7H2,1H3. The van der Waals surface area contributed by atoms with Crippen molar-refractivity contribution < 1.29 is 0 Å². The number of aromatic nitrogens is 1. The summed E-state index contributed by atoms with van der Waals surface area (Å²) < 4.78 is 0. The van der Waals surface area contributed by atoms with Gasteiger partial charge in [0.25, 0.3) is 0 Å². The van der Waals surface area contributed by atoms with Crippen LogP contribution >= 0.6 is 11.3 Å². The molecule has 0 amide bonds. The van der Waals surface area contributed by atoms with E-state index in [1.165, 1.54) is 9.75 Å². The van der Waals surface area contributed by atoms with Crippen LogP contribution in [0.3, 0.4) is 0 Å². The fourth-order valence-corrected chi connectivity index (χ4v) is 2.23. The van der Waals surface area contributed by atoms with Crippen molar-refractivity contribution in [3.63, 3.8) is 0 Å². The first-order chi connectivity index (χ1) is 7.79. The summed E-state index contributed by atoms with van der Waals surface area (Å²) in [6, 6.07) is 8.03. The highest BCUT2D eigenvalue weighted by Crippen LogP contribution is 2.18. The molecule has 2 aromatic heterocycles. The number of pyridine rings is 1. The van der Waals surface area contributed by atoms with Crippen LogP contribution in [0.15, 0.2) is 30.6 Å². The largest absolute Gasteiger partial charge is 0.378 e. The van der Waals surface area contributed by atoms with E-state index in [2.05, 4.69) is 35.4 Å². The number of hydrogen-bond acceptors (Lipinski definition) is 4. The number of nitrogens with zero attached hydrogens (tertiary/aromatic N) is 2. The first kappa shape index (κ1) is 10.7. The Hall–Kier alpha value is -1.86. The van der Waals surface area contributed by atoms with E-state index >= 15 is 0 Å². The van der Waals surface area contributed by atoms with E-state index in [1.54, 1.807) is 29.8 Å². The van der Waals surface area contributed by atoms with Crippen molar-refractivity contribution in [2.75, 3.05) is 5.32 Å². The van der Waals surface area contributed by atoms with Crippen molar-refractivity contribution in [1.82, 2.24) is 4.98 Å². The maximum atomic E-state index is 8.90. The molecule has 0 fully saturated rings. The van der Waals surface area contributed by atoms with Gasteiger partial charge >= 0.3 is 0 Å². The summed E-state index contributed by atoms with van der Waals surface area (Å²) in [5.74, 6) is 0. The zero-order valence-corrected chi connectivity index (χ0v) is 9.71. The SMILES string of the molecule is Cc1ccc(CNc2cnccc2C#N)s1. The van der Waals surface area contributed by atoms with Crippen LogP contribution in [-0.2, 0) is 6.54 Å². The summed E-state index contributed by atoms with van der Waals surface area (Å²) in [5.41, 5.74) is 1.42. The van der Waals surface area contributed by atoms with Crippen LogP contribution in [0.2, 0.25) is 0 Å². The Balaban J connectivity index is 2.08. The molecule has 0 saturated heterocycles. The molecule has 0 saturated carbocycles. The monoisotopic (exact) mass is 229 g/mol. The minimum Gasteiger partial charge on any atom is -0.378 e. The Labute approximate surface area is 98.4 Å². The first-order valence-electron chi connectivity index (χ1n) is 4.93. The van der Waals surface area contributed by atoms with Crippen molar-refractivity contribution in [1.29, 1.82) is 5.26 Å². The Morgan fingerprint density at radius 2 is 2.31 bits per heavy atom. The van der Waals surface area contributed by atoms with Gasteiger partial charge in [0.15, 0.2) is 0 Å². The van der Waals surface area contributed by atoms with Gasteiger partial charge in [-0.05, 0) is 25.1 Å². The van der Waals surface area contributed by atoms with E-state index in [0.717, 1.165) is 12.2 Å². The molecule has 0 atom stereocenters. The molecule has 0 unspecified atom stereocenters. The summed E-state index contributed by atoms with van der Waals surface area (Å²) in [5, 5.41) is 12.1. The Morgan fingerprint density at radius 1 is 1.44 bits per heavy atom. The molecule has 0 radical (unpaired) electrons. The van der Waals surface area contributed by atoms with Gasteiger partial charge in [-0.2, -0.15) is 5.26 Å². The molecule has 2 heterocycles. The molecular formula is C12H11N3S. The van der Waals surface area contributed by atoms with E-state index in [1.807, 2.05) is 0 Å². The van der Waals surface area contributed by atoms with Crippen LogP contribution in [0.5, 0.6) is 0 Å². The molecule has 0 aliphatic rings. The predicted molar refractivity (Wildman–Crippen MR) is 65.3 cm³/mol. The van der Waals surface area contributed by atoms with Gasteiger partial charge in [-0.15, -0.1) is 11.3 Å². The molecule has 1 N–H and O–H groups in total. The zero-order valence-electron chi connectivity index (χ0n) is 8.90. The van der Waals surface area contributed by atoms with Gasteiger partial charge in [-0.3, -0.25) is 4.98 Å². The van der Waals surface area contributed by atoms with E-state index in [-0.39, 0.29) is 0 Å². The van der Waals surface area contributed by atoms with Crippen LogP contribution in [0, 0.1) is 18.3 Å². The molecule has 0 bridgehead atoms. The van der Waals surface area contributed by atoms with E-state index in [4.69, 9.17) is 5.26 Å². The first-order valence-corrected chi connectivity index (χ1v) is 5.74. The third-order valence-corrected chi connectivity index (χ3v) is 3.19. The second kappa shape index (κ2) is 4.77. The van der Waals surface area contributed by atoms with Crippen molar-refractivity contribution in [3.05, 3.63) is 45.9 Å². The maximum absolute atomic E-state index is 8.90. The highest BCUT2D eigenvalue weighted by molar-refractivity contribution is 7.11. The summed E-state index contributed by atoms with van der Waals surface area (Å²) in [4.78, 5) is 6.55. The van der Waals surface area contributed by atoms with Gasteiger partial charge in [-0.1, -0.05) is 0 Å². The predicted octanol–water partition coefficient (Wildman–Crippen LogP) is 2.94. The average molecular weight is 229 g/mol. The topological polar surface area (TPSA) is 48.7 Å². The third-order valence-electron chi connectivity index (χ3n) is 2.19. The lowest BCUT2D eigenvalue weighted by Crippen LogP contribution is -1.99. The molecule has 0 aliphatic heterocycles. The Bertz CT molecular complexity index is 525. The van der Waals surface area contributed by atoms with Crippen molar-refractivity contribution in [3.8, 4) is 6.07 Å². The molecule has 0 spiro atoms. The lowest BCUT2D eigenvalue weighted by Gasteiger charge is -2.05. The van der Waals surface area contributed by atoms with Gasteiger partial charge < -0.3 is 5.32 Å². The van der Waals surface area contributed by atoms with Crippen LogP contribution < -0.4 is 5.32 Å². The highest BCUT2D eigenvalue weighted by Gasteiger charge is 2.01.